The van der Waals surface area contributed by atoms with Crippen LogP contribution in [0.25, 0.3) is 0 Å². The van der Waals surface area contributed by atoms with E-state index in [-0.39, 0.29) is 5.97 Å². The average Bonchev–Trinajstić information content (AvgIpc) is 2.92. The number of hydrogen-bond acceptors (Lipinski definition) is 2. The quantitative estimate of drug-likeness (QED) is 0.506. The van der Waals surface area contributed by atoms with E-state index in [1.807, 2.05) is 30.3 Å². The lowest BCUT2D eigenvalue weighted by atomic mass is 9.71. The standard InChI is InChI=1S/C23H30O2/c1-16(15-25-21(24)12-17-9-5-4-6-10-17)8-7-11-22(2)18-13-19-20(14-18)23(19,22)3/h4-6,8-10,18-20H,7,11-15H2,1-3H3. The lowest BCUT2D eigenvalue weighted by Crippen LogP contribution is -2.26. The van der Waals surface area contributed by atoms with Gasteiger partial charge in [0.25, 0.3) is 0 Å². The van der Waals surface area contributed by atoms with Gasteiger partial charge in [-0.3, -0.25) is 4.79 Å². The van der Waals surface area contributed by atoms with E-state index in [1.54, 1.807) is 0 Å². The molecule has 25 heavy (non-hydrogen) atoms. The zero-order valence-corrected chi connectivity index (χ0v) is 15.8. The Labute approximate surface area is 151 Å². The fraction of sp³-hybridized carbons (Fsp3) is 0.609. The van der Waals surface area contributed by atoms with E-state index in [2.05, 4.69) is 26.8 Å². The molecule has 0 spiro atoms. The summed E-state index contributed by atoms with van der Waals surface area (Å²) in [5.74, 6) is 2.89. The highest BCUT2D eigenvalue weighted by Crippen LogP contribution is 2.87. The maximum absolute atomic E-state index is 11.9. The largest absolute Gasteiger partial charge is 0.461 e. The number of ether oxygens (including phenoxy) is 1. The predicted molar refractivity (Wildman–Crippen MR) is 100 cm³/mol. The van der Waals surface area contributed by atoms with Gasteiger partial charge in [0.2, 0.25) is 0 Å². The number of carbonyl (C=O) groups is 1. The van der Waals surface area contributed by atoms with Gasteiger partial charge in [0.05, 0.1) is 6.42 Å². The van der Waals surface area contributed by atoms with E-state index >= 15 is 0 Å². The summed E-state index contributed by atoms with van der Waals surface area (Å²) in [6.45, 7) is 7.58. The molecule has 0 heterocycles. The van der Waals surface area contributed by atoms with Crippen LogP contribution in [0.15, 0.2) is 42.0 Å². The van der Waals surface area contributed by atoms with Crippen LogP contribution >= 0.6 is 0 Å². The van der Waals surface area contributed by atoms with Crippen molar-refractivity contribution in [2.45, 2.75) is 52.9 Å². The average molecular weight is 338 g/mol. The molecule has 0 N–H and O–H groups in total. The van der Waals surface area contributed by atoms with E-state index in [0.29, 0.717) is 23.9 Å². The Morgan fingerprint density at radius 1 is 1.20 bits per heavy atom. The zero-order valence-electron chi connectivity index (χ0n) is 15.8. The molecule has 4 aliphatic carbocycles. The topological polar surface area (TPSA) is 26.3 Å². The number of benzene rings is 1. The summed E-state index contributed by atoms with van der Waals surface area (Å²) in [6.07, 6.45) is 8.02. The van der Waals surface area contributed by atoms with Crippen molar-refractivity contribution < 1.29 is 9.53 Å². The molecular weight excluding hydrogens is 308 g/mol. The van der Waals surface area contributed by atoms with Crippen molar-refractivity contribution in [1.82, 2.24) is 0 Å². The summed E-state index contributed by atoms with van der Waals surface area (Å²) in [7, 11) is 0. The van der Waals surface area contributed by atoms with Crippen LogP contribution in [0.3, 0.4) is 0 Å². The van der Waals surface area contributed by atoms with Crippen molar-refractivity contribution in [2.75, 3.05) is 6.61 Å². The number of allylic oxidation sites excluding steroid dienone is 1. The number of esters is 1. The van der Waals surface area contributed by atoms with Crippen LogP contribution in [0.5, 0.6) is 0 Å². The minimum atomic E-state index is -0.143. The minimum Gasteiger partial charge on any atom is -0.461 e. The molecule has 1 aromatic rings. The molecule has 5 rings (SSSR count). The molecule has 4 saturated carbocycles. The maximum Gasteiger partial charge on any atom is 0.310 e. The number of carbonyl (C=O) groups excluding carboxylic acids is 1. The summed E-state index contributed by atoms with van der Waals surface area (Å²) in [5, 5.41) is 0. The van der Waals surface area contributed by atoms with Gasteiger partial charge < -0.3 is 4.74 Å². The number of rotatable bonds is 7. The second-order valence-electron chi connectivity index (χ2n) is 8.99. The molecule has 2 heteroatoms. The van der Waals surface area contributed by atoms with Crippen LogP contribution in [0.2, 0.25) is 0 Å². The fourth-order valence-electron chi connectivity index (χ4n) is 6.19. The third kappa shape index (κ3) is 2.65. The molecule has 1 aromatic carbocycles. The first-order valence-electron chi connectivity index (χ1n) is 9.80. The Morgan fingerprint density at radius 3 is 2.48 bits per heavy atom. The van der Waals surface area contributed by atoms with Crippen molar-refractivity contribution >= 4 is 5.97 Å². The zero-order chi connectivity index (χ0) is 17.7. The predicted octanol–water partition coefficient (Wildman–Crippen LogP) is 5.18. The molecule has 4 bridgehead atoms. The molecule has 0 aromatic heterocycles. The van der Waals surface area contributed by atoms with E-state index < -0.39 is 0 Å². The van der Waals surface area contributed by atoms with Crippen molar-refractivity contribution in [3.63, 3.8) is 0 Å². The molecule has 0 aliphatic heterocycles. The van der Waals surface area contributed by atoms with Crippen molar-refractivity contribution in [3.05, 3.63) is 47.5 Å². The third-order valence-corrected chi connectivity index (χ3v) is 7.93. The highest BCUT2D eigenvalue weighted by Gasteiger charge is 2.80. The molecule has 3 unspecified atom stereocenters. The molecule has 4 aliphatic rings. The van der Waals surface area contributed by atoms with Crippen LogP contribution in [0, 0.1) is 28.6 Å². The summed E-state index contributed by atoms with van der Waals surface area (Å²) < 4.78 is 5.43. The lowest BCUT2D eigenvalue weighted by Gasteiger charge is -2.34. The Balaban J connectivity index is 1.22. The first kappa shape index (κ1) is 16.9. The fourth-order valence-corrected chi connectivity index (χ4v) is 6.19. The first-order valence-corrected chi connectivity index (χ1v) is 9.80. The summed E-state index contributed by atoms with van der Waals surface area (Å²) in [5.41, 5.74) is 3.37. The molecule has 0 radical (unpaired) electrons. The van der Waals surface area contributed by atoms with Crippen LogP contribution in [0.1, 0.15) is 52.0 Å². The smallest absolute Gasteiger partial charge is 0.310 e. The Hall–Kier alpha value is -1.57. The molecule has 2 nitrogen and oxygen atoms in total. The van der Waals surface area contributed by atoms with Gasteiger partial charge >= 0.3 is 5.97 Å². The Kier molecular flexibility index (Phi) is 4.05. The third-order valence-electron chi connectivity index (χ3n) is 7.93. The minimum absolute atomic E-state index is 0.143. The van der Waals surface area contributed by atoms with Crippen molar-refractivity contribution in [2.24, 2.45) is 28.6 Å². The highest BCUT2D eigenvalue weighted by atomic mass is 16.5. The van der Waals surface area contributed by atoms with Crippen LogP contribution < -0.4 is 0 Å². The van der Waals surface area contributed by atoms with Gasteiger partial charge in [0, 0.05) is 0 Å². The van der Waals surface area contributed by atoms with E-state index in [0.717, 1.165) is 29.7 Å². The van der Waals surface area contributed by atoms with Crippen molar-refractivity contribution in [3.8, 4) is 0 Å². The highest BCUT2D eigenvalue weighted by molar-refractivity contribution is 5.72. The van der Waals surface area contributed by atoms with Crippen LogP contribution in [-0.2, 0) is 16.0 Å². The summed E-state index contributed by atoms with van der Waals surface area (Å²) >= 11 is 0. The van der Waals surface area contributed by atoms with Gasteiger partial charge in [-0.2, -0.15) is 0 Å². The lowest BCUT2D eigenvalue weighted by molar-refractivity contribution is -0.141. The Morgan fingerprint density at radius 2 is 1.88 bits per heavy atom. The van der Waals surface area contributed by atoms with E-state index in [9.17, 15) is 4.79 Å². The summed E-state index contributed by atoms with van der Waals surface area (Å²) in [4.78, 5) is 11.9. The molecular formula is C23H30O2. The van der Waals surface area contributed by atoms with Gasteiger partial charge in [-0.15, -0.1) is 0 Å². The monoisotopic (exact) mass is 338 g/mol. The van der Waals surface area contributed by atoms with Gasteiger partial charge in [0.1, 0.15) is 6.61 Å². The second-order valence-corrected chi connectivity index (χ2v) is 8.99. The normalized spacial score (nSPS) is 38.0. The molecule has 4 fully saturated rings. The second kappa shape index (κ2) is 6.00. The number of hydrogen-bond donors (Lipinski definition) is 0. The van der Waals surface area contributed by atoms with Gasteiger partial charge in [-0.1, -0.05) is 50.3 Å². The molecule has 134 valence electrons. The summed E-state index contributed by atoms with van der Waals surface area (Å²) in [6, 6.07) is 9.78. The first-order chi connectivity index (χ1) is 11.9. The van der Waals surface area contributed by atoms with E-state index in [1.165, 1.54) is 24.8 Å². The van der Waals surface area contributed by atoms with Gasteiger partial charge in [-0.05, 0) is 72.3 Å². The van der Waals surface area contributed by atoms with Gasteiger partial charge in [-0.25, -0.2) is 0 Å². The van der Waals surface area contributed by atoms with Crippen LogP contribution in [0.4, 0.5) is 0 Å². The Bertz CT molecular complexity index is 677. The maximum atomic E-state index is 11.9. The van der Waals surface area contributed by atoms with Crippen LogP contribution in [-0.4, -0.2) is 12.6 Å². The molecule has 0 saturated heterocycles. The van der Waals surface area contributed by atoms with Crippen molar-refractivity contribution in [1.29, 1.82) is 0 Å². The van der Waals surface area contributed by atoms with Gasteiger partial charge in [0.15, 0.2) is 0 Å². The van der Waals surface area contributed by atoms with E-state index in [4.69, 9.17) is 4.74 Å². The molecule has 0 amide bonds. The SMILES string of the molecule is CC(=CCCC1(C)C2CC3C(C2)C31C)COC(=O)Cc1ccccc1. The molecule has 3 atom stereocenters.